The average Bonchev–Trinajstić information content (AvgIpc) is 3.44. The Bertz CT molecular complexity index is 1490. The quantitative estimate of drug-likeness (QED) is 0.415. The van der Waals surface area contributed by atoms with Crippen LogP contribution in [0.1, 0.15) is 17.0 Å². The Hall–Kier alpha value is -4.32. The van der Waals surface area contributed by atoms with E-state index in [1.165, 1.54) is 4.68 Å². The number of nitrogens with one attached hydrogen (secondary N) is 3. The number of fused-ring (bicyclic) bond motifs is 2. The van der Waals surface area contributed by atoms with E-state index in [1.807, 2.05) is 84.9 Å². The Kier molecular flexibility index (Phi) is 3.73. The molecule has 6 heteroatoms. The van der Waals surface area contributed by atoms with Gasteiger partial charge in [0.25, 0.3) is 5.56 Å². The standard InChI is InChI=1S/C25H18N4O2/c30-24-19(17-13-7-8-14-18(17)26-24)20-21-23(27-22(20)15-9-3-1-4-10-15)28-29(25(21)31)16-11-5-2-6-12-16/h1-14,19,27-28H,(H,26,30). The van der Waals surface area contributed by atoms with Crippen molar-refractivity contribution in [3.05, 3.63) is 106 Å². The lowest BCUT2D eigenvalue weighted by Crippen LogP contribution is -2.18. The monoisotopic (exact) mass is 406 g/mol. The molecule has 6 nitrogen and oxygen atoms in total. The van der Waals surface area contributed by atoms with Gasteiger partial charge in [-0.25, -0.2) is 4.68 Å². The van der Waals surface area contributed by atoms with Crippen molar-refractivity contribution in [1.82, 2.24) is 14.8 Å². The molecule has 0 radical (unpaired) electrons. The largest absolute Gasteiger partial charge is 0.339 e. The lowest BCUT2D eigenvalue weighted by Gasteiger charge is -2.11. The molecule has 1 unspecified atom stereocenters. The molecule has 6 rings (SSSR count). The second-order valence-electron chi connectivity index (χ2n) is 7.63. The number of rotatable bonds is 3. The van der Waals surface area contributed by atoms with Crippen LogP contribution < -0.4 is 10.9 Å². The van der Waals surface area contributed by atoms with Gasteiger partial charge in [0.15, 0.2) is 0 Å². The highest BCUT2D eigenvalue weighted by atomic mass is 16.2. The molecule has 2 aromatic heterocycles. The molecule has 1 aliphatic rings. The minimum atomic E-state index is -0.576. The van der Waals surface area contributed by atoms with Crippen LogP contribution >= 0.6 is 0 Å². The number of hydrogen-bond acceptors (Lipinski definition) is 2. The fraction of sp³-hybridized carbons (Fsp3) is 0.0400. The highest BCUT2D eigenvalue weighted by Crippen LogP contribution is 2.43. The number of benzene rings is 3. The summed E-state index contributed by atoms with van der Waals surface area (Å²) >= 11 is 0. The van der Waals surface area contributed by atoms with Gasteiger partial charge in [0.2, 0.25) is 5.91 Å². The molecule has 150 valence electrons. The summed E-state index contributed by atoms with van der Waals surface area (Å²) < 4.78 is 1.51. The van der Waals surface area contributed by atoms with Gasteiger partial charge >= 0.3 is 0 Å². The van der Waals surface area contributed by atoms with Crippen LogP contribution in [0, 0.1) is 0 Å². The Morgan fingerprint density at radius 3 is 2.23 bits per heavy atom. The van der Waals surface area contributed by atoms with Crippen LogP contribution in [0.4, 0.5) is 5.69 Å². The van der Waals surface area contributed by atoms with Crippen molar-refractivity contribution in [3.8, 4) is 16.9 Å². The molecule has 0 bridgehead atoms. The molecule has 0 spiro atoms. The summed E-state index contributed by atoms with van der Waals surface area (Å²) in [6.07, 6.45) is 0. The molecule has 0 fully saturated rings. The van der Waals surface area contributed by atoms with Crippen LogP contribution in [0.15, 0.2) is 89.7 Å². The zero-order chi connectivity index (χ0) is 20.9. The molecular weight excluding hydrogens is 388 g/mol. The fourth-order valence-corrected chi connectivity index (χ4v) is 4.47. The average molecular weight is 406 g/mol. The maximum atomic E-state index is 13.5. The van der Waals surface area contributed by atoms with Gasteiger partial charge in [0, 0.05) is 11.3 Å². The minimum absolute atomic E-state index is 0.133. The van der Waals surface area contributed by atoms with E-state index >= 15 is 0 Å². The van der Waals surface area contributed by atoms with Gasteiger partial charge in [0.1, 0.15) is 5.65 Å². The Balaban J connectivity index is 1.67. The molecule has 31 heavy (non-hydrogen) atoms. The van der Waals surface area contributed by atoms with Crippen LogP contribution in [-0.4, -0.2) is 20.7 Å². The minimum Gasteiger partial charge on any atom is -0.339 e. The zero-order valence-corrected chi connectivity index (χ0v) is 16.4. The molecule has 1 amide bonds. The summed E-state index contributed by atoms with van der Waals surface area (Å²) in [6, 6.07) is 26.8. The molecule has 0 saturated heterocycles. The normalized spacial score (nSPS) is 15.2. The van der Waals surface area contributed by atoms with Gasteiger partial charge in [-0.05, 0) is 29.3 Å². The van der Waals surface area contributed by atoms with E-state index in [4.69, 9.17) is 0 Å². The second kappa shape index (κ2) is 6.60. The number of aromatic nitrogens is 3. The molecule has 0 saturated carbocycles. The van der Waals surface area contributed by atoms with Gasteiger partial charge in [-0.3, -0.25) is 14.7 Å². The van der Waals surface area contributed by atoms with Gasteiger partial charge < -0.3 is 10.3 Å². The smallest absolute Gasteiger partial charge is 0.281 e. The third kappa shape index (κ3) is 2.58. The molecule has 3 heterocycles. The van der Waals surface area contributed by atoms with E-state index in [1.54, 1.807) is 0 Å². The van der Waals surface area contributed by atoms with E-state index in [-0.39, 0.29) is 11.5 Å². The summed E-state index contributed by atoms with van der Waals surface area (Å²) in [5.74, 6) is -0.709. The van der Waals surface area contributed by atoms with Crippen LogP contribution in [0.2, 0.25) is 0 Å². The number of hydrogen-bond donors (Lipinski definition) is 3. The number of para-hydroxylation sites is 2. The van der Waals surface area contributed by atoms with Crippen LogP contribution in [0.5, 0.6) is 0 Å². The van der Waals surface area contributed by atoms with Crippen molar-refractivity contribution in [2.75, 3.05) is 5.32 Å². The Morgan fingerprint density at radius 2 is 1.45 bits per heavy atom. The predicted octanol–water partition coefficient (Wildman–Crippen LogP) is 4.40. The van der Waals surface area contributed by atoms with E-state index in [9.17, 15) is 9.59 Å². The number of amides is 1. The van der Waals surface area contributed by atoms with E-state index < -0.39 is 5.92 Å². The lowest BCUT2D eigenvalue weighted by atomic mass is 9.89. The number of carbonyl (C=O) groups excluding carboxylic acids is 1. The summed E-state index contributed by atoms with van der Waals surface area (Å²) in [5, 5.41) is 6.65. The Labute approximate surface area is 177 Å². The molecular formula is C25H18N4O2. The third-order valence-electron chi connectivity index (χ3n) is 5.84. The van der Waals surface area contributed by atoms with Gasteiger partial charge in [0.05, 0.1) is 22.7 Å². The molecule has 3 N–H and O–H groups in total. The molecule has 5 aromatic rings. The lowest BCUT2D eigenvalue weighted by molar-refractivity contribution is -0.116. The highest BCUT2D eigenvalue weighted by Gasteiger charge is 2.37. The third-order valence-corrected chi connectivity index (χ3v) is 5.84. The number of anilines is 1. The van der Waals surface area contributed by atoms with Crippen molar-refractivity contribution in [2.24, 2.45) is 0 Å². The van der Waals surface area contributed by atoms with Gasteiger partial charge in [-0.2, -0.15) is 0 Å². The van der Waals surface area contributed by atoms with Crippen molar-refractivity contribution in [1.29, 1.82) is 0 Å². The zero-order valence-electron chi connectivity index (χ0n) is 16.4. The van der Waals surface area contributed by atoms with Crippen molar-refractivity contribution < 1.29 is 4.79 Å². The maximum absolute atomic E-state index is 13.5. The highest BCUT2D eigenvalue weighted by molar-refractivity contribution is 6.08. The number of aromatic amines is 2. The predicted molar refractivity (Wildman–Crippen MR) is 121 cm³/mol. The van der Waals surface area contributed by atoms with Gasteiger partial charge in [-0.1, -0.05) is 66.7 Å². The first-order valence-corrected chi connectivity index (χ1v) is 10.1. The van der Waals surface area contributed by atoms with E-state index in [0.717, 1.165) is 28.2 Å². The number of H-pyrrole nitrogens is 2. The summed E-state index contributed by atoms with van der Waals surface area (Å²) in [6.45, 7) is 0. The van der Waals surface area contributed by atoms with E-state index in [0.29, 0.717) is 16.6 Å². The summed E-state index contributed by atoms with van der Waals surface area (Å²) in [7, 11) is 0. The van der Waals surface area contributed by atoms with Crippen molar-refractivity contribution >= 4 is 22.6 Å². The number of carbonyl (C=O) groups is 1. The van der Waals surface area contributed by atoms with Crippen LogP contribution in [0.3, 0.4) is 0 Å². The molecule has 1 aliphatic heterocycles. The first-order chi connectivity index (χ1) is 15.2. The van der Waals surface area contributed by atoms with Crippen molar-refractivity contribution in [2.45, 2.75) is 5.92 Å². The summed E-state index contributed by atoms with van der Waals surface area (Å²) in [5.41, 5.74) is 5.19. The Morgan fingerprint density at radius 1 is 0.774 bits per heavy atom. The SMILES string of the molecule is O=C1Nc2ccccc2C1c1c(-c2ccccc2)[nH]c2[nH]n(-c3ccccc3)c(=O)c12. The summed E-state index contributed by atoms with van der Waals surface area (Å²) in [4.78, 5) is 30.0. The molecule has 3 aromatic carbocycles. The number of nitrogens with zero attached hydrogens (tertiary/aromatic N) is 1. The fourth-order valence-electron chi connectivity index (χ4n) is 4.47. The first kappa shape index (κ1) is 17.5. The van der Waals surface area contributed by atoms with Crippen molar-refractivity contribution in [3.63, 3.8) is 0 Å². The molecule has 1 atom stereocenters. The second-order valence-corrected chi connectivity index (χ2v) is 7.63. The van der Waals surface area contributed by atoms with Crippen LogP contribution in [0.25, 0.3) is 28.0 Å². The molecule has 0 aliphatic carbocycles. The topological polar surface area (TPSA) is 82.7 Å². The van der Waals surface area contributed by atoms with E-state index in [2.05, 4.69) is 15.4 Å². The first-order valence-electron chi connectivity index (χ1n) is 10.1. The maximum Gasteiger partial charge on any atom is 0.281 e. The van der Waals surface area contributed by atoms with Gasteiger partial charge in [-0.15, -0.1) is 0 Å². The van der Waals surface area contributed by atoms with Crippen LogP contribution in [-0.2, 0) is 4.79 Å².